The maximum Gasteiger partial charge on any atom is 0.262 e. The zero-order chi connectivity index (χ0) is 13.7. The van der Waals surface area contributed by atoms with E-state index in [0.29, 0.717) is 22.1 Å². The number of amides is 1. The minimum absolute atomic E-state index is 0.0773. The summed E-state index contributed by atoms with van der Waals surface area (Å²) in [5.74, 6) is 0.361. The monoisotopic (exact) mass is 276 g/mol. The van der Waals surface area contributed by atoms with Crippen molar-refractivity contribution in [2.45, 2.75) is 0 Å². The number of nitrogens with two attached hydrogens (primary N) is 1. The highest BCUT2D eigenvalue weighted by Crippen LogP contribution is 2.22. The Morgan fingerprint density at radius 2 is 1.95 bits per heavy atom. The van der Waals surface area contributed by atoms with Crippen molar-refractivity contribution in [3.63, 3.8) is 0 Å². The number of halogens is 1. The predicted molar refractivity (Wildman–Crippen MR) is 76.4 cm³/mol. The van der Waals surface area contributed by atoms with Crippen molar-refractivity contribution in [3.05, 3.63) is 53.6 Å². The van der Waals surface area contributed by atoms with Crippen molar-refractivity contribution in [2.24, 2.45) is 0 Å². The summed E-state index contributed by atoms with van der Waals surface area (Å²) in [7, 11) is 0. The molecular formula is C14H13ClN2O2. The van der Waals surface area contributed by atoms with Crippen molar-refractivity contribution < 1.29 is 9.53 Å². The largest absolute Gasteiger partial charge is 0.484 e. The van der Waals surface area contributed by atoms with Gasteiger partial charge in [0.05, 0.1) is 11.4 Å². The number of carbonyl (C=O) groups is 1. The molecule has 1 amide bonds. The number of anilines is 2. The van der Waals surface area contributed by atoms with Crippen LogP contribution in [-0.2, 0) is 4.79 Å². The number of para-hydroxylation sites is 1. The molecule has 0 aliphatic rings. The Morgan fingerprint density at radius 1 is 1.21 bits per heavy atom. The molecule has 0 heterocycles. The van der Waals surface area contributed by atoms with Crippen LogP contribution in [0.25, 0.3) is 0 Å². The first-order valence-electron chi connectivity index (χ1n) is 5.68. The Kier molecular flexibility index (Phi) is 4.26. The molecule has 0 fully saturated rings. The average Bonchev–Trinajstić information content (AvgIpc) is 2.41. The lowest BCUT2D eigenvalue weighted by Crippen LogP contribution is -2.20. The smallest absolute Gasteiger partial charge is 0.262 e. The second kappa shape index (κ2) is 6.11. The van der Waals surface area contributed by atoms with Crippen molar-refractivity contribution in [2.75, 3.05) is 17.7 Å². The van der Waals surface area contributed by atoms with Crippen LogP contribution in [0.2, 0.25) is 5.02 Å². The van der Waals surface area contributed by atoms with Gasteiger partial charge < -0.3 is 15.8 Å². The second-order valence-corrected chi connectivity index (χ2v) is 4.32. The fraction of sp³-hybridized carbons (Fsp3) is 0.0714. The lowest BCUT2D eigenvalue weighted by atomic mass is 10.2. The van der Waals surface area contributed by atoms with Crippen LogP contribution in [0.3, 0.4) is 0 Å². The fourth-order valence-corrected chi connectivity index (χ4v) is 1.68. The number of hydrogen-bond donors (Lipinski definition) is 2. The third-order valence-electron chi connectivity index (χ3n) is 2.40. The lowest BCUT2D eigenvalue weighted by Gasteiger charge is -2.09. The second-order valence-electron chi connectivity index (χ2n) is 3.88. The number of nitrogen functional groups attached to an aromatic ring is 1. The number of benzene rings is 2. The Bertz CT molecular complexity index is 573. The highest BCUT2D eigenvalue weighted by molar-refractivity contribution is 6.31. The molecule has 0 aromatic heterocycles. The standard InChI is InChI=1S/C14H13ClN2O2/c15-10-6-7-13(12(16)8-10)17-14(18)9-19-11-4-2-1-3-5-11/h1-8H,9,16H2,(H,17,18). The van der Waals surface area contributed by atoms with Gasteiger partial charge in [-0.05, 0) is 30.3 Å². The van der Waals surface area contributed by atoms with Crippen LogP contribution in [-0.4, -0.2) is 12.5 Å². The molecule has 2 rings (SSSR count). The van der Waals surface area contributed by atoms with Gasteiger partial charge in [0.25, 0.3) is 5.91 Å². The number of carbonyl (C=O) groups excluding carboxylic acids is 1. The molecule has 3 N–H and O–H groups in total. The maximum atomic E-state index is 11.7. The summed E-state index contributed by atoms with van der Waals surface area (Å²) < 4.78 is 5.32. The molecule has 98 valence electrons. The maximum absolute atomic E-state index is 11.7. The Labute approximate surface area is 116 Å². The van der Waals surface area contributed by atoms with Gasteiger partial charge in [-0.1, -0.05) is 29.8 Å². The Morgan fingerprint density at radius 3 is 2.63 bits per heavy atom. The summed E-state index contributed by atoms with van der Waals surface area (Å²) in [6, 6.07) is 14.0. The van der Waals surface area contributed by atoms with E-state index in [4.69, 9.17) is 22.1 Å². The van der Waals surface area contributed by atoms with Crippen LogP contribution < -0.4 is 15.8 Å². The minimum atomic E-state index is -0.280. The third kappa shape index (κ3) is 3.89. The molecule has 0 radical (unpaired) electrons. The summed E-state index contributed by atoms with van der Waals surface area (Å²) in [5.41, 5.74) is 6.67. The normalized spacial score (nSPS) is 9.95. The summed E-state index contributed by atoms with van der Waals surface area (Å²) in [4.78, 5) is 11.7. The molecule has 0 aliphatic heterocycles. The van der Waals surface area contributed by atoms with E-state index in [1.165, 1.54) is 0 Å². The number of hydrogen-bond acceptors (Lipinski definition) is 3. The minimum Gasteiger partial charge on any atom is -0.484 e. The zero-order valence-corrected chi connectivity index (χ0v) is 10.9. The molecule has 0 aliphatic carbocycles. The highest BCUT2D eigenvalue weighted by atomic mass is 35.5. The van der Waals surface area contributed by atoms with Crippen molar-refractivity contribution >= 4 is 28.9 Å². The summed E-state index contributed by atoms with van der Waals surface area (Å²) >= 11 is 5.78. The van der Waals surface area contributed by atoms with Gasteiger partial charge >= 0.3 is 0 Å². The number of rotatable bonds is 4. The van der Waals surface area contributed by atoms with E-state index in [9.17, 15) is 4.79 Å². The SMILES string of the molecule is Nc1cc(Cl)ccc1NC(=O)COc1ccccc1. The molecule has 0 unspecified atom stereocenters. The summed E-state index contributed by atoms with van der Waals surface area (Å²) in [6.45, 7) is -0.0773. The van der Waals surface area contributed by atoms with Gasteiger partial charge in [-0.25, -0.2) is 0 Å². The highest BCUT2D eigenvalue weighted by Gasteiger charge is 2.06. The van der Waals surface area contributed by atoms with Gasteiger partial charge in [0.2, 0.25) is 0 Å². The first-order chi connectivity index (χ1) is 9.15. The molecule has 0 saturated heterocycles. The average molecular weight is 277 g/mol. The van der Waals surface area contributed by atoms with Crippen molar-refractivity contribution in [1.82, 2.24) is 0 Å². The van der Waals surface area contributed by atoms with Crippen LogP contribution in [0.15, 0.2) is 48.5 Å². The van der Waals surface area contributed by atoms with E-state index in [1.807, 2.05) is 18.2 Å². The van der Waals surface area contributed by atoms with Gasteiger partial charge in [0, 0.05) is 5.02 Å². The van der Waals surface area contributed by atoms with Crippen molar-refractivity contribution in [1.29, 1.82) is 0 Å². The van der Waals surface area contributed by atoms with Crippen LogP contribution in [0.1, 0.15) is 0 Å². The molecule has 5 heteroatoms. The van der Waals surface area contributed by atoms with Crippen LogP contribution >= 0.6 is 11.6 Å². The van der Waals surface area contributed by atoms with E-state index in [1.54, 1.807) is 30.3 Å². The van der Waals surface area contributed by atoms with Crippen molar-refractivity contribution in [3.8, 4) is 5.75 Å². The summed E-state index contributed by atoms with van der Waals surface area (Å²) in [6.07, 6.45) is 0. The first-order valence-corrected chi connectivity index (χ1v) is 6.05. The molecule has 0 spiro atoms. The quantitative estimate of drug-likeness (QED) is 0.844. The number of ether oxygens (including phenoxy) is 1. The third-order valence-corrected chi connectivity index (χ3v) is 2.64. The van der Waals surface area contributed by atoms with Crippen LogP contribution in [0.5, 0.6) is 5.75 Å². The van der Waals surface area contributed by atoms with Gasteiger partial charge in [-0.15, -0.1) is 0 Å². The molecule has 19 heavy (non-hydrogen) atoms. The number of nitrogens with one attached hydrogen (secondary N) is 1. The van der Waals surface area contributed by atoms with Crippen LogP contribution in [0.4, 0.5) is 11.4 Å². The van der Waals surface area contributed by atoms with Gasteiger partial charge in [0.1, 0.15) is 5.75 Å². The molecular weight excluding hydrogens is 264 g/mol. The molecule has 2 aromatic carbocycles. The molecule has 0 atom stereocenters. The summed E-state index contributed by atoms with van der Waals surface area (Å²) in [5, 5.41) is 3.18. The van der Waals surface area contributed by atoms with E-state index < -0.39 is 0 Å². The van der Waals surface area contributed by atoms with Gasteiger partial charge in [-0.2, -0.15) is 0 Å². The molecule has 4 nitrogen and oxygen atoms in total. The molecule has 0 saturated carbocycles. The van der Waals surface area contributed by atoms with E-state index in [2.05, 4.69) is 5.32 Å². The topological polar surface area (TPSA) is 64.3 Å². The lowest BCUT2D eigenvalue weighted by molar-refractivity contribution is -0.118. The Balaban J connectivity index is 1.91. The van der Waals surface area contributed by atoms with E-state index in [-0.39, 0.29) is 12.5 Å². The Hall–Kier alpha value is -2.20. The molecule has 2 aromatic rings. The first kappa shape index (κ1) is 13.2. The zero-order valence-electron chi connectivity index (χ0n) is 10.1. The van der Waals surface area contributed by atoms with Gasteiger partial charge in [-0.3, -0.25) is 4.79 Å². The van der Waals surface area contributed by atoms with Crippen LogP contribution in [0, 0.1) is 0 Å². The van der Waals surface area contributed by atoms with E-state index >= 15 is 0 Å². The molecule has 0 bridgehead atoms. The predicted octanol–water partition coefficient (Wildman–Crippen LogP) is 2.94. The fourth-order valence-electron chi connectivity index (χ4n) is 1.50. The van der Waals surface area contributed by atoms with Gasteiger partial charge in [0.15, 0.2) is 6.61 Å². The van der Waals surface area contributed by atoms with E-state index in [0.717, 1.165) is 0 Å².